The molecule has 6 heavy (non-hydrogen) atoms. The van der Waals surface area contributed by atoms with Gasteiger partial charge < -0.3 is 0 Å². The average Bonchev–Trinajstić information content (AvgIpc) is 1.72. The van der Waals surface area contributed by atoms with Gasteiger partial charge in [0.1, 0.15) is 0 Å². The van der Waals surface area contributed by atoms with Crippen molar-refractivity contribution in [3.8, 4) is 0 Å². The molecule has 0 aromatic carbocycles. The fraction of sp³-hybridized carbons (Fsp3) is 0. The Balaban J connectivity index is 2.46. The van der Waals surface area contributed by atoms with Crippen molar-refractivity contribution in [2.45, 2.75) is 0 Å². The fourth-order valence-electron chi connectivity index (χ4n) is 0.209. The van der Waals surface area contributed by atoms with Gasteiger partial charge in [-0.15, -0.1) is 0 Å². The summed E-state index contributed by atoms with van der Waals surface area (Å²) in [6.07, 6.45) is 3.73. The molecule has 1 rings (SSSR count). The Morgan fingerprint density at radius 1 is 1.67 bits per heavy atom. The molecule has 1 N–H and O–H groups in total. The molecule has 0 radical (unpaired) electrons. The summed E-state index contributed by atoms with van der Waals surface area (Å²) in [6.45, 7) is 0. The second kappa shape index (κ2) is 2.17. The molecule has 0 saturated carbocycles. The maximum absolute atomic E-state index is 3.77. The van der Waals surface area contributed by atoms with Crippen LogP contribution in [0.3, 0.4) is 0 Å². The van der Waals surface area contributed by atoms with Crippen LogP contribution in [0.2, 0.25) is 0 Å². The number of hydrazone groups is 1. The maximum atomic E-state index is 3.77. The van der Waals surface area contributed by atoms with E-state index in [1.54, 1.807) is 6.21 Å². The summed E-state index contributed by atoms with van der Waals surface area (Å²) >= 11 is -0.0565. The molecule has 1 aliphatic rings. The van der Waals surface area contributed by atoms with Crippen LogP contribution in [0.1, 0.15) is 0 Å². The van der Waals surface area contributed by atoms with E-state index in [0.717, 1.165) is 0 Å². The zero-order valence-electron chi connectivity index (χ0n) is 3.09. The van der Waals surface area contributed by atoms with E-state index in [-0.39, 0.29) is 21.5 Å². The summed E-state index contributed by atoms with van der Waals surface area (Å²) in [5.74, 6) is 0. The summed E-state index contributed by atoms with van der Waals surface area (Å²) in [5, 5.41) is 3.77. The Kier molecular flexibility index (Phi) is 1.49. The van der Waals surface area contributed by atoms with Crippen molar-refractivity contribution < 1.29 is 0 Å². The van der Waals surface area contributed by atoms with Crippen LogP contribution in [0.4, 0.5) is 0 Å². The van der Waals surface area contributed by atoms with Gasteiger partial charge in [-0.1, -0.05) is 0 Å². The first-order chi connectivity index (χ1) is 3.00. The van der Waals surface area contributed by atoms with Crippen molar-refractivity contribution >= 4 is 27.7 Å². The van der Waals surface area contributed by atoms with Crippen molar-refractivity contribution in [1.29, 1.82) is 0 Å². The zero-order chi connectivity index (χ0) is 4.24. The van der Waals surface area contributed by atoms with Gasteiger partial charge in [0.05, 0.1) is 0 Å². The van der Waals surface area contributed by atoms with Crippen molar-refractivity contribution in [3.05, 3.63) is 10.2 Å². The van der Waals surface area contributed by atoms with Crippen molar-refractivity contribution in [2.75, 3.05) is 0 Å². The zero-order valence-corrected chi connectivity index (χ0v) is 5.42. The van der Waals surface area contributed by atoms with Gasteiger partial charge in [0.2, 0.25) is 0 Å². The third kappa shape index (κ3) is 0.965. The summed E-state index contributed by atoms with van der Waals surface area (Å²) in [5.41, 5.74) is 0. The van der Waals surface area contributed by atoms with Gasteiger partial charge in [-0.25, -0.2) is 0 Å². The Labute approximate surface area is 46.9 Å². The number of halogens is 1. The van der Waals surface area contributed by atoms with Crippen LogP contribution in [0, 0.1) is 0 Å². The molecule has 0 aromatic heterocycles. The van der Waals surface area contributed by atoms with Crippen LogP contribution >= 0.6 is 21.5 Å². The molecule has 0 unspecified atom stereocenters. The predicted molar refractivity (Wildman–Crippen MR) is 36.2 cm³/mol. The molecule has 1 heterocycles. The molecule has 1 aliphatic heterocycles. The number of nitrogens with one attached hydrogen (secondary N) is 1. The quantitative estimate of drug-likeness (QED) is 0.447. The second-order valence-electron chi connectivity index (χ2n) is 0.816. The second-order valence-corrected chi connectivity index (χ2v) is 2.79. The molecule has 0 spiro atoms. The van der Waals surface area contributed by atoms with Gasteiger partial charge in [0.25, 0.3) is 0 Å². The standard InChI is InChI=1S/C3H5IN2/c1-2-4-6-5-3-1/h1-4,6H. The Hall–Kier alpha value is -0.0600. The Bertz CT molecular complexity index is 74.8. The summed E-state index contributed by atoms with van der Waals surface area (Å²) in [7, 11) is 0. The van der Waals surface area contributed by atoms with E-state index in [2.05, 4.69) is 12.8 Å². The Morgan fingerprint density at radius 3 is 2.83 bits per heavy atom. The SMILES string of the molecule is C1=C[IH]NN=C1. The van der Waals surface area contributed by atoms with E-state index in [4.69, 9.17) is 0 Å². The monoisotopic (exact) mass is 196 g/mol. The first-order valence-corrected chi connectivity index (χ1v) is 4.10. The molecule has 0 aromatic rings. The summed E-state index contributed by atoms with van der Waals surface area (Å²) < 4.78 is 5.03. The van der Waals surface area contributed by atoms with Crippen LogP contribution in [-0.2, 0) is 0 Å². The van der Waals surface area contributed by atoms with E-state index < -0.39 is 0 Å². The normalized spacial score (nSPS) is 18.7. The van der Waals surface area contributed by atoms with Gasteiger partial charge in [-0.05, 0) is 0 Å². The van der Waals surface area contributed by atoms with Gasteiger partial charge in [-0.3, -0.25) is 0 Å². The number of rotatable bonds is 0. The van der Waals surface area contributed by atoms with E-state index in [9.17, 15) is 0 Å². The molecule has 0 atom stereocenters. The van der Waals surface area contributed by atoms with Crippen molar-refractivity contribution in [1.82, 2.24) is 3.64 Å². The van der Waals surface area contributed by atoms with Crippen LogP contribution < -0.4 is 3.64 Å². The third-order valence-electron chi connectivity index (χ3n) is 0.413. The number of allylic oxidation sites excluding steroid dienone is 1. The molecule has 0 bridgehead atoms. The summed E-state index contributed by atoms with van der Waals surface area (Å²) in [4.78, 5) is 0. The fourth-order valence-corrected chi connectivity index (χ4v) is 1.15. The topological polar surface area (TPSA) is 24.4 Å². The summed E-state index contributed by atoms with van der Waals surface area (Å²) in [6, 6.07) is 0. The molecule has 0 amide bonds. The van der Waals surface area contributed by atoms with E-state index >= 15 is 0 Å². The molecular formula is C3H5IN2. The van der Waals surface area contributed by atoms with Crippen LogP contribution in [0.15, 0.2) is 15.3 Å². The number of hydrogen-bond donors (Lipinski definition) is 1. The minimum absolute atomic E-state index is 0.0565. The average molecular weight is 196 g/mol. The van der Waals surface area contributed by atoms with Crippen LogP contribution in [0.5, 0.6) is 0 Å². The minimum atomic E-state index is -0.0565. The predicted octanol–water partition coefficient (Wildman–Crippen LogP) is 0.707. The van der Waals surface area contributed by atoms with Crippen LogP contribution in [-0.4, -0.2) is 6.21 Å². The van der Waals surface area contributed by atoms with E-state index in [1.807, 2.05) is 6.08 Å². The third-order valence-corrected chi connectivity index (χ3v) is 1.85. The first kappa shape index (κ1) is 4.11. The number of nitrogens with zero attached hydrogens (tertiary/aromatic N) is 1. The van der Waals surface area contributed by atoms with Gasteiger partial charge in [-0.2, -0.15) is 0 Å². The first-order valence-electron chi connectivity index (χ1n) is 1.59. The van der Waals surface area contributed by atoms with E-state index in [1.165, 1.54) is 0 Å². The number of hydrogen-bond acceptors (Lipinski definition) is 2. The van der Waals surface area contributed by atoms with Gasteiger partial charge in [0.15, 0.2) is 0 Å². The van der Waals surface area contributed by atoms with Gasteiger partial charge in [0, 0.05) is 0 Å². The molecule has 2 nitrogen and oxygen atoms in total. The molecule has 0 fully saturated rings. The Morgan fingerprint density at radius 2 is 2.67 bits per heavy atom. The molecular weight excluding hydrogens is 191 g/mol. The molecule has 0 saturated heterocycles. The van der Waals surface area contributed by atoms with Crippen LogP contribution in [0.25, 0.3) is 0 Å². The molecule has 3 heteroatoms. The van der Waals surface area contributed by atoms with E-state index in [0.29, 0.717) is 0 Å². The molecule has 34 valence electrons. The van der Waals surface area contributed by atoms with Crippen molar-refractivity contribution in [2.24, 2.45) is 5.10 Å². The molecule has 0 aliphatic carbocycles. The van der Waals surface area contributed by atoms with Gasteiger partial charge >= 0.3 is 46.6 Å². The van der Waals surface area contributed by atoms with Crippen molar-refractivity contribution in [3.63, 3.8) is 0 Å².